The van der Waals surface area contributed by atoms with Crippen LogP contribution in [0, 0.1) is 0 Å². The lowest BCUT2D eigenvalue weighted by atomic mass is 10.2. The molecule has 0 radical (unpaired) electrons. The molecule has 2 aromatic carbocycles. The summed E-state index contributed by atoms with van der Waals surface area (Å²) in [5.41, 5.74) is 1.66. The number of rotatable bonds is 17. The van der Waals surface area contributed by atoms with Crippen LogP contribution in [0.1, 0.15) is 24.0 Å². The second-order valence-electron chi connectivity index (χ2n) is 8.21. The van der Waals surface area contributed by atoms with Crippen molar-refractivity contribution >= 4 is 23.9 Å². The third kappa shape index (κ3) is 12.6. The van der Waals surface area contributed by atoms with Crippen molar-refractivity contribution in [1.29, 1.82) is 0 Å². The molecule has 2 N–H and O–H groups in total. The van der Waals surface area contributed by atoms with Crippen molar-refractivity contribution in [1.82, 2.24) is 9.80 Å². The van der Waals surface area contributed by atoms with Crippen LogP contribution in [0.4, 0.5) is 0 Å². The van der Waals surface area contributed by atoms with Gasteiger partial charge in [0.05, 0.1) is 26.2 Å². The number of aliphatic carboxylic acids is 2. The van der Waals surface area contributed by atoms with Crippen molar-refractivity contribution in [3.8, 4) is 0 Å². The van der Waals surface area contributed by atoms with E-state index in [2.05, 4.69) is 0 Å². The number of carboxylic acid groups (broad SMARTS) is 2. The van der Waals surface area contributed by atoms with Crippen LogP contribution in [0.5, 0.6) is 0 Å². The maximum absolute atomic E-state index is 12.2. The number of nitrogens with zero attached hydrogens (tertiary/aromatic N) is 2. The molecule has 0 aliphatic rings. The molecule has 0 spiro atoms. The van der Waals surface area contributed by atoms with E-state index in [0.717, 1.165) is 11.1 Å². The normalized spacial score (nSPS) is 10.8. The number of carboxylic acids is 2. The third-order valence-electron chi connectivity index (χ3n) is 5.11. The van der Waals surface area contributed by atoms with Gasteiger partial charge in [0.25, 0.3) is 0 Å². The van der Waals surface area contributed by atoms with Gasteiger partial charge in [-0.15, -0.1) is 0 Å². The van der Waals surface area contributed by atoms with Gasteiger partial charge in [-0.3, -0.25) is 29.0 Å². The quantitative estimate of drug-likeness (QED) is 0.245. The largest absolute Gasteiger partial charge is 0.480 e. The SMILES string of the molecule is O=C(O)CN(CCCCN(CC(=O)O)CC(=O)OCc1ccccc1)CC(=O)OCc1ccccc1. The molecule has 0 bridgehead atoms. The van der Waals surface area contributed by atoms with E-state index in [9.17, 15) is 19.2 Å². The zero-order chi connectivity index (χ0) is 26.2. The highest BCUT2D eigenvalue weighted by atomic mass is 16.5. The number of hydrogen-bond donors (Lipinski definition) is 2. The van der Waals surface area contributed by atoms with E-state index in [1.165, 1.54) is 9.80 Å². The lowest BCUT2D eigenvalue weighted by molar-refractivity contribution is -0.149. The molecule has 10 heteroatoms. The fourth-order valence-corrected chi connectivity index (χ4v) is 3.41. The highest BCUT2D eigenvalue weighted by molar-refractivity contribution is 5.74. The van der Waals surface area contributed by atoms with E-state index >= 15 is 0 Å². The summed E-state index contributed by atoms with van der Waals surface area (Å²) in [6.45, 7) is -0.210. The van der Waals surface area contributed by atoms with Crippen molar-refractivity contribution in [3.63, 3.8) is 0 Å². The molecule has 10 nitrogen and oxygen atoms in total. The zero-order valence-corrected chi connectivity index (χ0v) is 20.1. The van der Waals surface area contributed by atoms with E-state index < -0.39 is 23.9 Å². The molecule has 0 amide bonds. The minimum atomic E-state index is -1.07. The lowest BCUT2D eigenvalue weighted by Crippen LogP contribution is -2.38. The van der Waals surface area contributed by atoms with E-state index in [4.69, 9.17) is 19.7 Å². The summed E-state index contributed by atoms with van der Waals surface area (Å²) in [5.74, 6) is -3.21. The van der Waals surface area contributed by atoms with Gasteiger partial charge in [0.15, 0.2) is 0 Å². The summed E-state index contributed by atoms with van der Waals surface area (Å²) in [6.07, 6.45) is 0.989. The molecule has 0 aliphatic carbocycles. The second-order valence-corrected chi connectivity index (χ2v) is 8.21. The molecule has 194 valence electrons. The second kappa shape index (κ2) is 16.0. The van der Waals surface area contributed by atoms with Crippen LogP contribution in [0.15, 0.2) is 60.7 Å². The first kappa shape index (κ1) is 28.5. The molecule has 0 aromatic heterocycles. The Morgan fingerprint density at radius 1 is 0.583 bits per heavy atom. The Balaban J connectivity index is 1.76. The maximum atomic E-state index is 12.2. The van der Waals surface area contributed by atoms with Crippen LogP contribution in [0.25, 0.3) is 0 Å². The minimum Gasteiger partial charge on any atom is -0.480 e. The summed E-state index contributed by atoms with van der Waals surface area (Å²) >= 11 is 0. The first-order valence-corrected chi connectivity index (χ1v) is 11.6. The topological polar surface area (TPSA) is 134 Å². The molecule has 0 saturated carbocycles. The Labute approximate surface area is 210 Å². The molecule has 0 aliphatic heterocycles. The molecule has 0 fully saturated rings. The van der Waals surface area contributed by atoms with Crippen LogP contribution < -0.4 is 0 Å². The maximum Gasteiger partial charge on any atom is 0.320 e. The lowest BCUT2D eigenvalue weighted by Gasteiger charge is -2.22. The molecule has 0 unspecified atom stereocenters. The molecule has 2 aromatic rings. The summed E-state index contributed by atoms with van der Waals surface area (Å²) in [4.78, 5) is 49.7. The smallest absolute Gasteiger partial charge is 0.320 e. The zero-order valence-electron chi connectivity index (χ0n) is 20.1. The number of benzene rings is 2. The highest BCUT2D eigenvalue weighted by Crippen LogP contribution is 2.05. The highest BCUT2D eigenvalue weighted by Gasteiger charge is 2.17. The van der Waals surface area contributed by atoms with Gasteiger partial charge in [0, 0.05) is 0 Å². The van der Waals surface area contributed by atoms with Gasteiger partial charge in [0.2, 0.25) is 0 Å². The molecule has 36 heavy (non-hydrogen) atoms. The standard InChI is InChI=1S/C26H32N2O8/c29-23(30)15-27(17-25(33)35-19-21-9-3-1-4-10-21)13-7-8-14-28(16-24(31)32)18-26(34)36-20-22-11-5-2-6-12-22/h1-6,9-12H,7-8,13-20H2,(H,29,30)(H,31,32). The summed E-state index contributed by atoms with van der Waals surface area (Å²) in [7, 11) is 0. The van der Waals surface area contributed by atoms with Gasteiger partial charge in [0.1, 0.15) is 13.2 Å². The number of unbranched alkanes of at least 4 members (excludes halogenated alkanes) is 1. The minimum absolute atomic E-state index is 0.102. The Bertz CT molecular complexity index is 889. The first-order valence-electron chi connectivity index (χ1n) is 11.6. The number of carbonyl (C=O) groups excluding carboxylic acids is 2. The first-order chi connectivity index (χ1) is 17.3. The monoisotopic (exact) mass is 500 g/mol. The summed E-state index contributed by atoms with van der Waals surface area (Å²) in [6, 6.07) is 18.3. The van der Waals surface area contributed by atoms with Gasteiger partial charge in [-0.05, 0) is 37.1 Å². The van der Waals surface area contributed by atoms with Crippen molar-refractivity contribution < 1.29 is 38.9 Å². The van der Waals surface area contributed by atoms with Gasteiger partial charge in [-0.2, -0.15) is 0 Å². The molecule has 0 atom stereocenters. The Hall–Kier alpha value is -3.76. The fourth-order valence-electron chi connectivity index (χ4n) is 3.41. The van der Waals surface area contributed by atoms with Gasteiger partial charge in [-0.25, -0.2) is 0 Å². The molecule has 0 heterocycles. The number of hydrogen-bond acceptors (Lipinski definition) is 8. The average molecular weight is 501 g/mol. The van der Waals surface area contributed by atoms with Gasteiger partial charge < -0.3 is 19.7 Å². The van der Waals surface area contributed by atoms with Gasteiger partial charge in [-0.1, -0.05) is 60.7 Å². The molecule has 0 saturated heterocycles. The average Bonchev–Trinajstić information content (AvgIpc) is 2.84. The van der Waals surface area contributed by atoms with Crippen molar-refractivity contribution in [2.45, 2.75) is 26.1 Å². The Morgan fingerprint density at radius 3 is 1.28 bits per heavy atom. The predicted octanol–water partition coefficient (Wildman–Crippen LogP) is 2.03. The van der Waals surface area contributed by atoms with E-state index in [1.54, 1.807) is 0 Å². The number of carbonyl (C=O) groups is 4. The van der Waals surface area contributed by atoms with Crippen LogP contribution in [0.2, 0.25) is 0 Å². The molecular formula is C26H32N2O8. The predicted molar refractivity (Wildman–Crippen MR) is 130 cm³/mol. The molecular weight excluding hydrogens is 468 g/mol. The van der Waals surface area contributed by atoms with Crippen LogP contribution >= 0.6 is 0 Å². The van der Waals surface area contributed by atoms with Crippen LogP contribution in [0.3, 0.4) is 0 Å². The van der Waals surface area contributed by atoms with E-state index in [0.29, 0.717) is 25.9 Å². The van der Waals surface area contributed by atoms with Crippen LogP contribution in [-0.4, -0.2) is 83.2 Å². The fraction of sp³-hybridized carbons (Fsp3) is 0.385. The van der Waals surface area contributed by atoms with Crippen molar-refractivity contribution in [2.24, 2.45) is 0 Å². The van der Waals surface area contributed by atoms with E-state index in [1.807, 2.05) is 60.7 Å². The van der Waals surface area contributed by atoms with Crippen LogP contribution in [-0.2, 0) is 41.9 Å². The van der Waals surface area contributed by atoms with E-state index in [-0.39, 0.29) is 39.4 Å². The number of ether oxygens (including phenoxy) is 2. The number of esters is 2. The molecule has 2 rings (SSSR count). The van der Waals surface area contributed by atoms with Crippen molar-refractivity contribution in [3.05, 3.63) is 71.8 Å². The Kier molecular flexibility index (Phi) is 12.7. The Morgan fingerprint density at radius 2 is 0.944 bits per heavy atom. The third-order valence-corrected chi connectivity index (χ3v) is 5.11. The summed E-state index contributed by atoms with van der Waals surface area (Å²) in [5, 5.41) is 18.3. The summed E-state index contributed by atoms with van der Waals surface area (Å²) < 4.78 is 10.5. The van der Waals surface area contributed by atoms with Gasteiger partial charge >= 0.3 is 23.9 Å². The van der Waals surface area contributed by atoms with Crippen molar-refractivity contribution in [2.75, 3.05) is 39.3 Å².